The Hall–Kier alpha value is -1.74. The molecule has 98 valence electrons. The lowest BCUT2D eigenvalue weighted by molar-refractivity contribution is 0.164. The van der Waals surface area contributed by atoms with Crippen molar-refractivity contribution in [3.05, 3.63) is 66.0 Å². The van der Waals surface area contributed by atoms with Gasteiger partial charge in [0.05, 0.1) is 0 Å². The fraction of sp³-hybridized carbons (Fsp3) is 0.312. The molecule has 1 aromatic heterocycles. The van der Waals surface area contributed by atoms with Gasteiger partial charge >= 0.3 is 0 Å². The van der Waals surface area contributed by atoms with E-state index in [0.717, 1.165) is 18.7 Å². The molecule has 0 bridgehead atoms. The third kappa shape index (κ3) is 2.66. The van der Waals surface area contributed by atoms with E-state index in [4.69, 9.17) is 0 Å². The minimum atomic E-state index is -1.22. The zero-order chi connectivity index (χ0) is 13.1. The number of aromatic nitrogens is 1. The molecular weight excluding hydrogens is 239 g/mol. The number of benzene rings is 1. The summed E-state index contributed by atoms with van der Waals surface area (Å²) in [7, 11) is 0. The van der Waals surface area contributed by atoms with Gasteiger partial charge in [0.2, 0.25) is 0 Å². The van der Waals surface area contributed by atoms with Crippen LogP contribution in [0, 0.1) is 0 Å². The van der Waals surface area contributed by atoms with Crippen molar-refractivity contribution in [1.29, 1.82) is 0 Å². The first-order valence-electron chi connectivity index (χ1n) is 6.62. The standard InChI is InChI=1S/C16H17FN2/c17-16(15-6-9-18-10-7-15)8-11-19(13-16)12-14-4-2-1-3-5-14/h1-7,9-10H,8,11-13H2/t16-/m1/s1. The highest BCUT2D eigenvalue weighted by molar-refractivity contribution is 5.22. The highest BCUT2D eigenvalue weighted by atomic mass is 19.1. The van der Waals surface area contributed by atoms with E-state index in [1.165, 1.54) is 5.56 Å². The molecule has 0 N–H and O–H groups in total. The van der Waals surface area contributed by atoms with Crippen LogP contribution in [0.4, 0.5) is 4.39 Å². The fourth-order valence-corrected chi connectivity index (χ4v) is 2.71. The van der Waals surface area contributed by atoms with Gasteiger partial charge in [0.25, 0.3) is 0 Å². The summed E-state index contributed by atoms with van der Waals surface area (Å²) in [6.07, 6.45) is 3.89. The lowest BCUT2D eigenvalue weighted by Gasteiger charge is -2.21. The van der Waals surface area contributed by atoms with Crippen molar-refractivity contribution in [2.75, 3.05) is 13.1 Å². The Morgan fingerprint density at radius 1 is 1.11 bits per heavy atom. The summed E-state index contributed by atoms with van der Waals surface area (Å²) in [5.41, 5.74) is 0.761. The molecule has 0 amide bonds. The van der Waals surface area contributed by atoms with Gasteiger partial charge in [-0.15, -0.1) is 0 Å². The predicted molar refractivity (Wildman–Crippen MR) is 73.4 cm³/mol. The monoisotopic (exact) mass is 256 g/mol. The average molecular weight is 256 g/mol. The molecule has 2 heterocycles. The van der Waals surface area contributed by atoms with Crippen molar-refractivity contribution in [3.8, 4) is 0 Å². The number of hydrogen-bond acceptors (Lipinski definition) is 2. The van der Waals surface area contributed by atoms with E-state index in [0.29, 0.717) is 13.0 Å². The minimum absolute atomic E-state index is 0.464. The molecule has 1 aliphatic heterocycles. The van der Waals surface area contributed by atoms with E-state index >= 15 is 0 Å². The second kappa shape index (κ2) is 5.10. The molecule has 1 atom stereocenters. The van der Waals surface area contributed by atoms with Crippen LogP contribution in [-0.4, -0.2) is 23.0 Å². The predicted octanol–water partition coefficient (Wildman–Crippen LogP) is 3.15. The smallest absolute Gasteiger partial charge is 0.149 e. The molecule has 0 unspecified atom stereocenters. The molecule has 2 nitrogen and oxygen atoms in total. The molecule has 0 aliphatic carbocycles. The van der Waals surface area contributed by atoms with Crippen molar-refractivity contribution in [2.45, 2.75) is 18.6 Å². The highest BCUT2D eigenvalue weighted by Crippen LogP contribution is 2.36. The van der Waals surface area contributed by atoms with Crippen LogP contribution in [-0.2, 0) is 12.2 Å². The van der Waals surface area contributed by atoms with Crippen LogP contribution in [0.5, 0.6) is 0 Å². The first kappa shape index (κ1) is 12.3. The van der Waals surface area contributed by atoms with Gasteiger partial charge < -0.3 is 0 Å². The van der Waals surface area contributed by atoms with Crippen molar-refractivity contribution < 1.29 is 4.39 Å². The Kier molecular flexibility index (Phi) is 3.30. The molecule has 3 rings (SSSR count). The molecule has 19 heavy (non-hydrogen) atoms. The number of halogens is 1. The zero-order valence-electron chi connectivity index (χ0n) is 10.8. The maximum absolute atomic E-state index is 14.9. The number of pyridine rings is 1. The Morgan fingerprint density at radius 2 is 1.84 bits per heavy atom. The van der Waals surface area contributed by atoms with E-state index in [1.807, 2.05) is 18.2 Å². The van der Waals surface area contributed by atoms with Gasteiger partial charge in [0, 0.05) is 32.0 Å². The normalized spacial score (nSPS) is 23.6. The number of nitrogens with zero attached hydrogens (tertiary/aromatic N) is 2. The van der Waals surface area contributed by atoms with Crippen LogP contribution in [0.3, 0.4) is 0 Å². The lowest BCUT2D eigenvalue weighted by Crippen LogP contribution is -2.26. The molecule has 1 fully saturated rings. The van der Waals surface area contributed by atoms with Crippen LogP contribution in [0.25, 0.3) is 0 Å². The van der Waals surface area contributed by atoms with Gasteiger partial charge in [-0.3, -0.25) is 9.88 Å². The van der Waals surface area contributed by atoms with Gasteiger partial charge in [-0.1, -0.05) is 30.3 Å². The third-order valence-electron chi connectivity index (χ3n) is 3.75. The quantitative estimate of drug-likeness (QED) is 0.838. The molecule has 2 aromatic rings. The summed E-state index contributed by atoms with van der Waals surface area (Å²) >= 11 is 0. The second-order valence-corrected chi connectivity index (χ2v) is 5.15. The van der Waals surface area contributed by atoms with Crippen LogP contribution in [0.2, 0.25) is 0 Å². The van der Waals surface area contributed by atoms with Gasteiger partial charge in [-0.2, -0.15) is 0 Å². The Bertz CT molecular complexity index is 529. The van der Waals surface area contributed by atoms with Crippen molar-refractivity contribution in [2.24, 2.45) is 0 Å². The number of alkyl halides is 1. The summed E-state index contributed by atoms with van der Waals surface area (Å²) in [4.78, 5) is 6.13. The fourth-order valence-electron chi connectivity index (χ4n) is 2.71. The molecule has 1 aliphatic rings. The highest BCUT2D eigenvalue weighted by Gasteiger charge is 2.39. The summed E-state index contributed by atoms with van der Waals surface area (Å²) in [5.74, 6) is 0. The molecule has 0 spiro atoms. The van der Waals surface area contributed by atoms with Crippen molar-refractivity contribution >= 4 is 0 Å². The van der Waals surface area contributed by atoms with Crippen LogP contribution in [0.15, 0.2) is 54.9 Å². The Labute approximate surface area is 112 Å². The maximum atomic E-state index is 14.9. The van der Waals surface area contributed by atoms with Crippen LogP contribution < -0.4 is 0 Å². The van der Waals surface area contributed by atoms with E-state index in [1.54, 1.807) is 24.5 Å². The second-order valence-electron chi connectivity index (χ2n) is 5.15. The number of likely N-dealkylation sites (tertiary alicyclic amines) is 1. The Morgan fingerprint density at radius 3 is 2.58 bits per heavy atom. The van der Waals surface area contributed by atoms with Gasteiger partial charge in [0.1, 0.15) is 5.67 Å². The first-order valence-corrected chi connectivity index (χ1v) is 6.62. The van der Waals surface area contributed by atoms with Crippen LogP contribution >= 0.6 is 0 Å². The Balaban J connectivity index is 1.70. The molecular formula is C16H17FN2. The topological polar surface area (TPSA) is 16.1 Å². The summed E-state index contributed by atoms with van der Waals surface area (Å²) in [5, 5.41) is 0. The molecule has 0 radical (unpaired) electrons. The van der Waals surface area contributed by atoms with Gasteiger partial charge in [-0.25, -0.2) is 4.39 Å². The molecule has 1 saturated heterocycles. The SMILES string of the molecule is F[C@]1(c2ccncc2)CCN(Cc2ccccc2)C1. The number of hydrogen-bond donors (Lipinski definition) is 0. The van der Waals surface area contributed by atoms with E-state index in [2.05, 4.69) is 22.0 Å². The summed E-state index contributed by atoms with van der Waals surface area (Å²) in [6.45, 7) is 2.08. The van der Waals surface area contributed by atoms with Crippen molar-refractivity contribution in [1.82, 2.24) is 9.88 Å². The third-order valence-corrected chi connectivity index (χ3v) is 3.75. The van der Waals surface area contributed by atoms with E-state index in [9.17, 15) is 4.39 Å². The first-order chi connectivity index (χ1) is 9.26. The number of rotatable bonds is 3. The molecule has 0 saturated carbocycles. The van der Waals surface area contributed by atoms with Gasteiger partial charge in [-0.05, 0) is 29.7 Å². The van der Waals surface area contributed by atoms with Crippen molar-refractivity contribution in [3.63, 3.8) is 0 Å². The maximum Gasteiger partial charge on any atom is 0.149 e. The average Bonchev–Trinajstić information content (AvgIpc) is 2.84. The van der Waals surface area contributed by atoms with E-state index < -0.39 is 5.67 Å². The van der Waals surface area contributed by atoms with Gasteiger partial charge in [0.15, 0.2) is 0 Å². The van der Waals surface area contributed by atoms with E-state index in [-0.39, 0.29) is 0 Å². The molecule has 3 heteroatoms. The largest absolute Gasteiger partial charge is 0.295 e. The summed E-state index contributed by atoms with van der Waals surface area (Å²) < 4.78 is 14.9. The lowest BCUT2D eigenvalue weighted by atomic mass is 9.96. The zero-order valence-corrected chi connectivity index (χ0v) is 10.8. The van der Waals surface area contributed by atoms with Crippen LogP contribution in [0.1, 0.15) is 17.5 Å². The summed E-state index contributed by atoms with van der Waals surface area (Å²) in [6, 6.07) is 13.8. The molecule has 1 aromatic carbocycles. The minimum Gasteiger partial charge on any atom is -0.295 e.